The summed E-state index contributed by atoms with van der Waals surface area (Å²) >= 11 is 0. The van der Waals surface area contributed by atoms with Crippen molar-refractivity contribution in [3.63, 3.8) is 0 Å². The maximum atomic E-state index is 12.5. The zero-order valence-corrected chi connectivity index (χ0v) is 15.5. The minimum absolute atomic E-state index is 0.0291. The van der Waals surface area contributed by atoms with Crippen LogP contribution in [0.2, 0.25) is 0 Å². The Morgan fingerprint density at radius 3 is 2.41 bits per heavy atom. The molecule has 0 saturated heterocycles. The molecule has 3 N–H and O–H groups in total. The van der Waals surface area contributed by atoms with Gasteiger partial charge in [0.05, 0.1) is 10.5 Å². The Hall–Kier alpha value is -2.97. The van der Waals surface area contributed by atoms with Crippen LogP contribution >= 0.6 is 0 Å². The third kappa shape index (κ3) is 4.07. The second-order valence-electron chi connectivity index (χ2n) is 6.19. The Morgan fingerprint density at radius 2 is 1.74 bits per heavy atom. The lowest BCUT2D eigenvalue weighted by atomic mass is 10.1. The Bertz CT molecular complexity index is 1120. The van der Waals surface area contributed by atoms with E-state index >= 15 is 0 Å². The Morgan fingerprint density at radius 1 is 1.07 bits per heavy atom. The molecule has 8 heteroatoms. The number of para-hydroxylation sites is 1. The summed E-state index contributed by atoms with van der Waals surface area (Å²) < 4.78 is 24.3. The second-order valence-corrected chi connectivity index (χ2v) is 7.76. The van der Waals surface area contributed by atoms with Gasteiger partial charge >= 0.3 is 0 Å². The van der Waals surface area contributed by atoms with Gasteiger partial charge in [0.1, 0.15) is 0 Å². The summed E-state index contributed by atoms with van der Waals surface area (Å²) in [6.45, 7) is 0.254. The van der Waals surface area contributed by atoms with Crippen molar-refractivity contribution in [2.45, 2.75) is 11.3 Å². The Balaban J connectivity index is 1.63. The fourth-order valence-corrected chi connectivity index (χ4v) is 3.41. The minimum atomic E-state index is -3.73. The highest BCUT2D eigenvalue weighted by Gasteiger charge is 2.20. The molecule has 0 aliphatic rings. The SMILES string of the molecule is Cn1cc(C(=O)C(=O)NCCc2ccc(S(N)(=O)=O)cc2)c2ccccc21. The molecule has 7 nitrogen and oxygen atoms in total. The molecule has 3 aromatic rings. The fraction of sp³-hybridized carbons (Fsp3) is 0.158. The molecular weight excluding hydrogens is 366 g/mol. The molecule has 0 bridgehead atoms. The highest BCUT2D eigenvalue weighted by atomic mass is 32.2. The zero-order valence-electron chi connectivity index (χ0n) is 14.7. The van der Waals surface area contributed by atoms with Gasteiger partial charge in [0.15, 0.2) is 0 Å². The van der Waals surface area contributed by atoms with E-state index < -0.39 is 21.7 Å². The van der Waals surface area contributed by atoms with E-state index in [1.165, 1.54) is 12.1 Å². The molecule has 0 unspecified atom stereocenters. The first-order chi connectivity index (χ1) is 12.8. The van der Waals surface area contributed by atoms with Gasteiger partial charge in [0.2, 0.25) is 10.0 Å². The number of hydrogen-bond acceptors (Lipinski definition) is 4. The van der Waals surface area contributed by atoms with Crippen LogP contribution < -0.4 is 10.5 Å². The molecule has 2 aromatic carbocycles. The normalized spacial score (nSPS) is 11.5. The first-order valence-corrected chi connectivity index (χ1v) is 9.80. The second kappa shape index (κ2) is 7.34. The molecule has 0 spiro atoms. The summed E-state index contributed by atoms with van der Waals surface area (Å²) in [4.78, 5) is 24.7. The van der Waals surface area contributed by atoms with Gasteiger partial charge in [-0.3, -0.25) is 9.59 Å². The highest BCUT2D eigenvalue weighted by Crippen LogP contribution is 2.20. The van der Waals surface area contributed by atoms with E-state index in [1.54, 1.807) is 18.3 Å². The number of nitrogens with one attached hydrogen (secondary N) is 1. The predicted octanol–water partition coefficient (Wildman–Crippen LogP) is 1.37. The number of nitrogens with two attached hydrogens (primary N) is 1. The van der Waals surface area contributed by atoms with Crippen LogP contribution in [0, 0.1) is 0 Å². The van der Waals surface area contributed by atoms with E-state index in [0.29, 0.717) is 12.0 Å². The molecule has 0 aliphatic heterocycles. The molecule has 1 heterocycles. The zero-order chi connectivity index (χ0) is 19.6. The van der Waals surface area contributed by atoms with Crippen LogP contribution in [0.4, 0.5) is 0 Å². The van der Waals surface area contributed by atoms with Crippen molar-refractivity contribution in [3.8, 4) is 0 Å². The largest absolute Gasteiger partial charge is 0.350 e. The lowest BCUT2D eigenvalue weighted by Gasteiger charge is -2.05. The number of amides is 1. The van der Waals surface area contributed by atoms with Crippen molar-refractivity contribution >= 4 is 32.6 Å². The Kier molecular flexibility index (Phi) is 5.11. The van der Waals surface area contributed by atoms with Crippen molar-refractivity contribution in [2.24, 2.45) is 12.2 Å². The van der Waals surface area contributed by atoms with Crippen LogP contribution in [0.15, 0.2) is 59.6 Å². The summed E-state index contributed by atoms with van der Waals surface area (Å²) in [5, 5.41) is 8.39. The summed E-state index contributed by atoms with van der Waals surface area (Å²) in [5.41, 5.74) is 2.06. The molecule has 140 valence electrons. The number of hydrogen-bond donors (Lipinski definition) is 2. The van der Waals surface area contributed by atoms with Crippen LogP contribution in [-0.2, 0) is 28.3 Å². The van der Waals surface area contributed by atoms with Gasteiger partial charge in [-0.1, -0.05) is 30.3 Å². The molecule has 0 saturated carbocycles. The van der Waals surface area contributed by atoms with Gasteiger partial charge in [-0.2, -0.15) is 0 Å². The molecule has 0 atom stereocenters. The number of carbonyl (C=O) groups excluding carboxylic acids is 2. The third-order valence-electron chi connectivity index (χ3n) is 4.30. The standard InChI is InChI=1S/C19H19N3O4S/c1-22-12-16(15-4-2-3-5-17(15)22)18(23)19(24)21-11-10-13-6-8-14(9-7-13)27(20,25)26/h2-9,12H,10-11H2,1H3,(H,21,24)(H2,20,25,26). The van der Waals surface area contributed by atoms with Crippen LogP contribution in [0.1, 0.15) is 15.9 Å². The number of aromatic nitrogens is 1. The molecule has 3 rings (SSSR count). The number of ketones is 1. The number of carbonyl (C=O) groups is 2. The lowest BCUT2D eigenvalue weighted by Crippen LogP contribution is -2.32. The quantitative estimate of drug-likeness (QED) is 0.493. The van der Waals surface area contributed by atoms with Crippen molar-refractivity contribution in [2.75, 3.05) is 6.54 Å². The Labute approximate surface area is 156 Å². The monoisotopic (exact) mass is 385 g/mol. The number of aryl methyl sites for hydroxylation is 1. The van der Waals surface area contributed by atoms with E-state index in [0.717, 1.165) is 16.5 Å². The maximum absolute atomic E-state index is 12.5. The van der Waals surface area contributed by atoms with Crippen molar-refractivity contribution in [3.05, 3.63) is 65.9 Å². The predicted molar refractivity (Wildman–Crippen MR) is 102 cm³/mol. The van der Waals surface area contributed by atoms with E-state index in [2.05, 4.69) is 5.32 Å². The first-order valence-electron chi connectivity index (χ1n) is 8.25. The van der Waals surface area contributed by atoms with Crippen molar-refractivity contribution in [1.29, 1.82) is 0 Å². The smallest absolute Gasteiger partial charge is 0.292 e. The number of sulfonamides is 1. The number of fused-ring (bicyclic) bond motifs is 1. The molecular formula is C19H19N3O4S. The number of benzene rings is 2. The number of nitrogens with zero attached hydrogens (tertiary/aromatic N) is 1. The fourth-order valence-electron chi connectivity index (χ4n) is 2.89. The van der Waals surface area contributed by atoms with Crippen LogP contribution in [0.25, 0.3) is 10.9 Å². The minimum Gasteiger partial charge on any atom is -0.350 e. The molecule has 0 fully saturated rings. The maximum Gasteiger partial charge on any atom is 0.292 e. The van der Waals surface area contributed by atoms with Gasteiger partial charge in [0.25, 0.3) is 11.7 Å². The van der Waals surface area contributed by atoms with Gasteiger partial charge in [-0.05, 0) is 30.2 Å². The first kappa shape index (κ1) is 18.8. The number of rotatable bonds is 6. The van der Waals surface area contributed by atoms with Gasteiger partial charge in [-0.25, -0.2) is 13.6 Å². The van der Waals surface area contributed by atoms with E-state index in [4.69, 9.17) is 5.14 Å². The topological polar surface area (TPSA) is 111 Å². The summed E-state index contributed by atoms with van der Waals surface area (Å²) in [6, 6.07) is 13.5. The van der Waals surface area contributed by atoms with Crippen LogP contribution in [0.3, 0.4) is 0 Å². The highest BCUT2D eigenvalue weighted by molar-refractivity contribution is 7.89. The third-order valence-corrected chi connectivity index (χ3v) is 5.23. The summed E-state index contributed by atoms with van der Waals surface area (Å²) in [5.74, 6) is -1.26. The number of Topliss-reactive ketones (excluding diaryl/α,β-unsaturated/α-hetero) is 1. The molecule has 0 radical (unpaired) electrons. The lowest BCUT2D eigenvalue weighted by molar-refractivity contribution is -0.116. The van der Waals surface area contributed by atoms with Gasteiger partial charge in [0, 0.05) is 30.7 Å². The van der Waals surface area contributed by atoms with Crippen molar-refractivity contribution in [1.82, 2.24) is 9.88 Å². The van der Waals surface area contributed by atoms with E-state index in [9.17, 15) is 18.0 Å². The van der Waals surface area contributed by atoms with Crippen molar-refractivity contribution < 1.29 is 18.0 Å². The molecule has 1 amide bonds. The van der Waals surface area contributed by atoms with E-state index in [-0.39, 0.29) is 11.4 Å². The van der Waals surface area contributed by atoms with Gasteiger partial charge < -0.3 is 9.88 Å². The number of primary sulfonamides is 1. The molecule has 1 aromatic heterocycles. The summed E-state index contributed by atoms with van der Waals surface area (Å²) in [7, 11) is -1.91. The summed E-state index contributed by atoms with van der Waals surface area (Å²) in [6.07, 6.45) is 2.11. The average molecular weight is 385 g/mol. The van der Waals surface area contributed by atoms with E-state index in [1.807, 2.05) is 35.9 Å². The van der Waals surface area contributed by atoms with Crippen LogP contribution in [-0.4, -0.2) is 31.2 Å². The van der Waals surface area contributed by atoms with Crippen LogP contribution in [0.5, 0.6) is 0 Å². The molecule has 0 aliphatic carbocycles. The van der Waals surface area contributed by atoms with Gasteiger partial charge in [-0.15, -0.1) is 0 Å². The average Bonchev–Trinajstić information content (AvgIpc) is 2.98. The molecule has 27 heavy (non-hydrogen) atoms.